The van der Waals surface area contributed by atoms with E-state index in [0.29, 0.717) is 0 Å². The van der Waals surface area contributed by atoms with Gasteiger partial charge in [0, 0.05) is 64.1 Å². The predicted octanol–water partition coefficient (Wildman–Crippen LogP) is 15.9. The lowest BCUT2D eigenvalue weighted by Gasteiger charge is -2.34. The zero-order valence-corrected chi connectivity index (χ0v) is 38.5. The minimum atomic E-state index is -0.667. The smallest absolute Gasteiger partial charge is 0.171 e. The Morgan fingerprint density at radius 3 is 1.73 bits per heavy atom. The van der Waals surface area contributed by atoms with Crippen molar-refractivity contribution < 1.29 is 4.42 Å². The quantitative estimate of drug-likeness (QED) is 0.181. The lowest BCUT2D eigenvalue weighted by atomic mass is 9.67. The summed E-state index contributed by atoms with van der Waals surface area (Å²) in [5.41, 5.74) is 14.9. The van der Waals surface area contributed by atoms with Crippen molar-refractivity contribution in [3.63, 3.8) is 0 Å². The monoisotopic (exact) mass is 912 g/mol. The molecule has 0 amide bonds. The van der Waals surface area contributed by atoms with Crippen molar-refractivity contribution in [1.82, 2.24) is 9.88 Å². The van der Waals surface area contributed by atoms with Gasteiger partial charge in [-0.15, -0.1) is 11.3 Å². The summed E-state index contributed by atoms with van der Waals surface area (Å²) in [6, 6.07) is 83.4. The molecule has 2 aliphatic rings. The van der Waals surface area contributed by atoms with Crippen molar-refractivity contribution in [2.24, 2.45) is 9.98 Å². The predicted molar refractivity (Wildman–Crippen MR) is 290 cm³/mol. The summed E-state index contributed by atoms with van der Waals surface area (Å²) in [4.78, 5) is 11.1. The number of para-hydroxylation sites is 3. The van der Waals surface area contributed by atoms with Crippen molar-refractivity contribution in [3.8, 4) is 16.8 Å². The van der Waals surface area contributed by atoms with Crippen LogP contribution in [0.1, 0.15) is 45.1 Å². The van der Waals surface area contributed by atoms with Crippen LogP contribution in [0.2, 0.25) is 0 Å². The summed E-state index contributed by atoms with van der Waals surface area (Å²) in [6.45, 7) is 0. The second-order valence-electron chi connectivity index (χ2n) is 18.4. The topological polar surface area (TPSA) is 54.8 Å². The molecule has 15 rings (SSSR count). The highest BCUT2D eigenvalue weighted by Crippen LogP contribution is 2.57. The molecule has 0 saturated carbocycles. The molecule has 5 nitrogen and oxygen atoms in total. The van der Waals surface area contributed by atoms with Crippen LogP contribution in [-0.2, 0) is 5.41 Å². The molecule has 0 bridgehead atoms. The third kappa shape index (κ3) is 5.59. The van der Waals surface area contributed by atoms with Crippen LogP contribution in [0, 0.1) is 0 Å². The van der Waals surface area contributed by atoms with Gasteiger partial charge < -0.3 is 14.3 Å². The Balaban J connectivity index is 0.973. The highest BCUT2D eigenvalue weighted by atomic mass is 32.1. The van der Waals surface area contributed by atoms with Gasteiger partial charge in [0.2, 0.25) is 0 Å². The van der Waals surface area contributed by atoms with Crippen LogP contribution in [-0.4, -0.2) is 16.2 Å². The van der Waals surface area contributed by atoms with E-state index in [1.807, 2.05) is 6.07 Å². The van der Waals surface area contributed by atoms with Crippen LogP contribution >= 0.6 is 11.3 Å². The van der Waals surface area contributed by atoms with Gasteiger partial charge in [0.25, 0.3) is 0 Å². The molecule has 6 heteroatoms. The molecule has 1 N–H and O–H groups in total. The van der Waals surface area contributed by atoms with Gasteiger partial charge in [-0.1, -0.05) is 182 Å². The number of aliphatic imine (C=N–C) groups is 2. The minimum absolute atomic E-state index is 0.549. The summed E-state index contributed by atoms with van der Waals surface area (Å²) < 4.78 is 11.5. The molecule has 0 spiro atoms. The van der Waals surface area contributed by atoms with Gasteiger partial charge in [0.05, 0.1) is 16.4 Å². The van der Waals surface area contributed by atoms with Crippen molar-refractivity contribution >= 4 is 86.9 Å². The molecule has 0 saturated heterocycles. The molecule has 3 aromatic heterocycles. The Labute approximate surface area is 407 Å². The normalized spacial score (nSPS) is 15.1. The Bertz CT molecular complexity index is 4240. The zero-order chi connectivity index (χ0) is 45.9. The van der Waals surface area contributed by atoms with Gasteiger partial charge in [0.1, 0.15) is 22.8 Å². The number of nitrogens with zero attached hydrogens (tertiary/aromatic N) is 3. The fourth-order valence-electron chi connectivity index (χ4n) is 11.7. The van der Waals surface area contributed by atoms with E-state index in [1.165, 1.54) is 65.3 Å². The fourth-order valence-corrected chi connectivity index (χ4v) is 13.0. The summed E-state index contributed by atoms with van der Waals surface area (Å²) in [6.07, 6.45) is -0.549. The zero-order valence-electron chi connectivity index (χ0n) is 37.7. The van der Waals surface area contributed by atoms with E-state index in [4.69, 9.17) is 14.4 Å². The SMILES string of the molecule is c1ccc(C2=NC(c3cc4c5ccccc5oc4c4c3sc3ccccc34)N=C(c3ccc4c(c3)C(c3ccccc3)(c3ccccc3)c3cc(-n5c6ccccc6c6ccccc65)ccc3-4)N2)cc1. The standard InChI is InChI=1S/C64H40N4OS/c1-4-18-39(19-5-1)61-65-62(67-63(66-61)51-38-50-48-26-12-16-30-56(48)69-59(50)58-49-27-13-17-31-57(49)70-60(51)58)40-32-34-44-45-35-33-43(68-54-28-14-10-24-46(54)47-25-11-15-29-55(47)68)37-53(45)64(52(44)36-40,41-20-6-2-7-21-41)42-22-8-3-9-23-42/h1-38,63H,(H,65,66,67). The summed E-state index contributed by atoms with van der Waals surface area (Å²) in [7, 11) is 0. The third-order valence-corrected chi connectivity index (χ3v) is 15.9. The van der Waals surface area contributed by atoms with Gasteiger partial charge in [0.15, 0.2) is 6.17 Å². The molecular weight excluding hydrogens is 873 g/mol. The fraction of sp³-hybridized carbons (Fsp3) is 0.0312. The number of furan rings is 1. The molecule has 328 valence electrons. The van der Waals surface area contributed by atoms with E-state index >= 15 is 0 Å². The number of amidine groups is 2. The Morgan fingerprint density at radius 1 is 0.471 bits per heavy atom. The number of aromatic nitrogens is 1. The number of thiophene rings is 1. The number of nitrogens with one attached hydrogen (secondary N) is 1. The van der Waals surface area contributed by atoms with Crippen LogP contribution in [0.5, 0.6) is 0 Å². The first-order valence-corrected chi connectivity index (χ1v) is 24.7. The molecular formula is C64H40N4OS. The first-order valence-electron chi connectivity index (χ1n) is 23.8. The van der Waals surface area contributed by atoms with Crippen molar-refractivity contribution in [2.75, 3.05) is 0 Å². The lowest BCUT2D eigenvalue weighted by molar-refractivity contribution is 0.672. The van der Waals surface area contributed by atoms with Crippen molar-refractivity contribution in [2.45, 2.75) is 11.6 Å². The molecule has 1 atom stereocenters. The second kappa shape index (κ2) is 15.1. The summed E-state index contributed by atoms with van der Waals surface area (Å²) in [5, 5.41) is 10.7. The molecule has 70 heavy (non-hydrogen) atoms. The lowest BCUT2D eigenvalue weighted by Crippen LogP contribution is -2.36. The van der Waals surface area contributed by atoms with Crippen molar-refractivity contribution in [3.05, 3.63) is 269 Å². The van der Waals surface area contributed by atoms with E-state index in [-0.39, 0.29) is 0 Å². The average molecular weight is 913 g/mol. The van der Waals surface area contributed by atoms with Crippen LogP contribution in [0.15, 0.2) is 245 Å². The number of hydrogen-bond acceptors (Lipinski definition) is 5. The molecule has 13 aromatic rings. The number of rotatable bonds is 6. The molecule has 1 aliphatic carbocycles. The maximum absolute atomic E-state index is 6.70. The molecule has 1 aliphatic heterocycles. The van der Waals surface area contributed by atoms with E-state index < -0.39 is 11.6 Å². The maximum atomic E-state index is 6.70. The van der Waals surface area contributed by atoms with Crippen LogP contribution in [0.25, 0.3) is 80.7 Å². The minimum Gasteiger partial charge on any atom is -0.455 e. The highest BCUT2D eigenvalue weighted by Gasteiger charge is 2.47. The Kier molecular flexibility index (Phi) is 8.44. The first kappa shape index (κ1) is 39.2. The summed E-state index contributed by atoms with van der Waals surface area (Å²) >= 11 is 1.79. The van der Waals surface area contributed by atoms with Gasteiger partial charge in [-0.3, -0.25) is 0 Å². The van der Waals surface area contributed by atoms with Crippen LogP contribution in [0.4, 0.5) is 0 Å². The van der Waals surface area contributed by atoms with Crippen LogP contribution in [0.3, 0.4) is 0 Å². The third-order valence-electron chi connectivity index (χ3n) is 14.7. The number of hydrogen-bond donors (Lipinski definition) is 1. The van der Waals surface area contributed by atoms with Gasteiger partial charge in [-0.05, 0) is 81.9 Å². The van der Waals surface area contributed by atoms with Crippen molar-refractivity contribution in [1.29, 1.82) is 0 Å². The van der Waals surface area contributed by atoms with E-state index in [9.17, 15) is 0 Å². The second-order valence-corrected chi connectivity index (χ2v) is 19.5. The van der Waals surface area contributed by atoms with E-state index in [2.05, 4.69) is 234 Å². The first-order chi connectivity index (χ1) is 34.7. The number of fused-ring (bicyclic) bond motifs is 13. The summed E-state index contributed by atoms with van der Waals surface area (Å²) in [5.74, 6) is 1.55. The average Bonchev–Trinajstić information content (AvgIpc) is 4.18. The van der Waals surface area contributed by atoms with Gasteiger partial charge >= 0.3 is 0 Å². The molecule has 4 heterocycles. The van der Waals surface area contributed by atoms with E-state index in [1.54, 1.807) is 11.3 Å². The molecule has 0 radical (unpaired) electrons. The molecule has 10 aromatic carbocycles. The largest absolute Gasteiger partial charge is 0.455 e. The maximum Gasteiger partial charge on any atom is 0.171 e. The van der Waals surface area contributed by atoms with E-state index in [0.717, 1.165) is 66.1 Å². The molecule has 0 fully saturated rings. The number of benzene rings is 10. The Morgan fingerprint density at radius 2 is 1.03 bits per heavy atom. The van der Waals surface area contributed by atoms with Crippen LogP contribution < -0.4 is 5.32 Å². The highest BCUT2D eigenvalue weighted by molar-refractivity contribution is 7.26. The van der Waals surface area contributed by atoms with Gasteiger partial charge in [-0.25, -0.2) is 9.98 Å². The Hall–Kier alpha value is -8.84. The molecule has 1 unspecified atom stereocenters. The van der Waals surface area contributed by atoms with Gasteiger partial charge in [-0.2, -0.15) is 0 Å².